The Bertz CT molecular complexity index is 639. The molecule has 6 nitrogen and oxygen atoms in total. The predicted molar refractivity (Wildman–Crippen MR) is 79.3 cm³/mol. The fraction of sp³-hybridized carbons (Fsp3) is 0.231. The standard InChI is InChI=1S/C13H14N4O2S/c1-3-19-13(18)10-7-9(2)16-17(10)12-6-4-5-11(15-12)14-8-20/h4-8H,3H2,1-2H3,(H,14,15,20). The number of pyridine rings is 1. The Morgan fingerprint density at radius 1 is 1.55 bits per heavy atom. The molecular formula is C13H14N4O2S. The summed E-state index contributed by atoms with van der Waals surface area (Å²) in [4.78, 5) is 16.2. The van der Waals surface area contributed by atoms with E-state index in [0.717, 1.165) is 0 Å². The molecule has 0 aromatic carbocycles. The number of anilines is 1. The Morgan fingerprint density at radius 3 is 3.05 bits per heavy atom. The Hall–Kier alpha value is -2.28. The molecule has 0 bridgehead atoms. The molecule has 0 aliphatic carbocycles. The van der Waals surface area contributed by atoms with Gasteiger partial charge in [-0.25, -0.2) is 14.5 Å². The van der Waals surface area contributed by atoms with Gasteiger partial charge in [-0.2, -0.15) is 5.10 Å². The molecule has 0 aliphatic rings. The number of hydrogen-bond donors (Lipinski definition) is 1. The summed E-state index contributed by atoms with van der Waals surface area (Å²) >= 11 is 4.73. The van der Waals surface area contributed by atoms with Gasteiger partial charge in [0.1, 0.15) is 5.82 Å². The highest BCUT2D eigenvalue weighted by atomic mass is 32.1. The second-order valence-electron chi connectivity index (χ2n) is 3.95. The van der Waals surface area contributed by atoms with Crippen LogP contribution in [-0.4, -0.2) is 32.8 Å². The van der Waals surface area contributed by atoms with Gasteiger partial charge in [0, 0.05) is 0 Å². The number of rotatable bonds is 5. The predicted octanol–water partition coefficient (Wildman–Crippen LogP) is 2.12. The molecule has 0 saturated carbocycles. The van der Waals surface area contributed by atoms with Crippen LogP contribution in [0, 0.1) is 6.92 Å². The highest BCUT2D eigenvalue weighted by Gasteiger charge is 2.17. The largest absolute Gasteiger partial charge is 0.461 e. The first-order valence-corrected chi connectivity index (χ1v) is 6.54. The maximum absolute atomic E-state index is 11.9. The molecule has 1 N–H and O–H groups in total. The zero-order chi connectivity index (χ0) is 14.5. The first kappa shape index (κ1) is 14.1. The molecule has 0 aliphatic heterocycles. The second kappa shape index (κ2) is 6.25. The van der Waals surface area contributed by atoms with Crippen molar-refractivity contribution in [2.45, 2.75) is 13.8 Å². The van der Waals surface area contributed by atoms with E-state index in [0.29, 0.717) is 29.6 Å². The molecule has 104 valence electrons. The Kier molecular flexibility index (Phi) is 4.41. The maximum Gasteiger partial charge on any atom is 0.357 e. The van der Waals surface area contributed by atoms with Gasteiger partial charge in [0.05, 0.1) is 17.8 Å². The van der Waals surface area contributed by atoms with E-state index >= 15 is 0 Å². The van der Waals surface area contributed by atoms with E-state index in [4.69, 9.17) is 17.0 Å². The van der Waals surface area contributed by atoms with E-state index < -0.39 is 5.97 Å². The third kappa shape index (κ3) is 3.00. The van der Waals surface area contributed by atoms with E-state index in [1.54, 1.807) is 38.1 Å². The van der Waals surface area contributed by atoms with Gasteiger partial charge in [-0.3, -0.25) is 0 Å². The summed E-state index contributed by atoms with van der Waals surface area (Å²) in [5.41, 5.74) is 2.42. The molecule has 20 heavy (non-hydrogen) atoms. The van der Waals surface area contributed by atoms with E-state index in [1.807, 2.05) is 0 Å². The number of hydrogen-bond acceptors (Lipinski definition) is 5. The molecule has 0 unspecified atom stereocenters. The number of thiocarbonyl (C=S) groups is 1. The average molecular weight is 290 g/mol. The van der Waals surface area contributed by atoms with Crippen molar-refractivity contribution in [3.05, 3.63) is 35.7 Å². The smallest absolute Gasteiger partial charge is 0.357 e. The van der Waals surface area contributed by atoms with Crippen LogP contribution in [0.15, 0.2) is 24.3 Å². The lowest BCUT2D eigenvalue weighted by Gasteiger charge is -2.07. The monoisotopic (exact) mass is 290 g/mol. The molecule has 0 atom stereocenters. The number of aryl methyl sites for hydroxylation is 1. The van der Waals surface area contributed by atoms with Gasteiger partial charge in [0.15, 0.2) is 11.5 Å². The third-order valence-electron chi connectivity index (χ3n) is 2.47. The minimum atomic E-state index is -0.428. The van der Waals surface area contributed by atoms with Gasteiger partial charge in [0.25, 0.3) is 0 Å². The van der Waals surface area contributed by atoms with E-state index in [1.165, 1.54) is 10.2 Å². The van der Waals surface area contributed by atoms with Gasteiger partial charge < -0.3 is 10.1 Å². The molecular weight excluding hydrogens is 276 g/mol. The van der Waals surface area contributed by atoms with Crippen molar-refractivity contribution in [2.24, 2.45) is 0 Å². The normalized spacial score (nSPS) is 10.1. The number of ether oxygens (including phenoxy) is 1. The summed E-state index contributed by atoms with van der Waals surface area (Å²) in [5, 5.41) is 7.09. The fourth-order valence-electron chi connectivity index (χ4n) is 1.71. The van der Waals surface area contributed by atoms with E-state index in [2.05, 4.69) is 15.4 Å². The zero-order valence-corrected chi connectivity index (χ0v) is 12.0. The van der Waals surface area contributed by atoms with Crippen LogP contribution in [0.3, 0.4) is 0 Å². The zero-order valence-electron chi connectivity index (χ0n) is 11.2. The highest BCUT2D eigenvalue weighted by Crippen LogP contribution is 2.14. The summed E-state index contributed by atoms with van der Waals surface area (Å²) in [6, 6.07) is 6.99. The van der Waals surface area contributed by atoms with Gasteiger partial charge in [-0.05, 0) is 32.0 Å². The van der Waals surface area contributed by atoms with Gasteiger partial charge >= 0.3 is 5.97 Å². The van der Waals surface area contributed by atoms with Crippen molar-refractivity contribution < 1.29 is 9.53 Å². The number of carbonyl (C=O) groups is 1. The van der Waals surface area contributed by atoms with Crippen LogP contribution in [0.2, 0.25) is 0 Å². The van der Waals surface area contributed by atoms with Crippen LogP contribution in [0.25, 0.3) is 5.82 Å². The fourth-order valence-corrected chi connectivity index (χ4v) is 1.83. The summed E-state index contributed by atoms with van der Waals surface area (Å²) in [6.07, 6.45) is 0. The topological polar surface area (TPSA) is 69.0 Å². The lowest BCUT2D eigenvalue weighted by molar-refractivity contribution is 0.0515. The van der Waals surface area contributed by atoms with E-state index in [9.17, 15) is 4.79 Å². The summed E-state index contributed by atoms with van der Waals surface area (Å²) < 4.78 is 6.48. The molecule has 0 spiro atoms. The first-order valence-electron chi connectivity index (χ1n) is 6.07. The van der Waals surface area contributed by atoms with Crippen molar-refractivity contribution in [2.75, 3.05) is 11.9 Å². The van der Waals surface area contributed by atoms with Gasteiger partial charge in [-0.15, -0.1) is 0 Å². The minimum absolute atomic E-state index is 0.309. The number of carbonyl (C=O) groups excluding carboxylic acids is 1. The summed E-state index contributed by atoms with van der Waals surface area (Å²) in [7, 11) is 0. The third-order valence-corrected chi connectivity index (χ3v) is 2.59. The number of nitrogens with zero attached hydrogens (tertiary/aromatic N) is 3. The molecule has 2 rings (SSSR count). The molecule has 0 amide bonds. The van der Waals surface area contributed by atoms with Crippen molar-refractivity contribution in [3.63, 3.8) is 0 Å². The van der Waals surface area contributed by atoms with Crippen molar-refractivity contribution in [1.82, 2.24) is 14.8 Å². The molecule has 2 aromatic rings. The first-order chi connectivity index (χ1) is 9.65. The van der Waals surface area contributed by atoms with Crippen molar-refractivity contribution in [1.29, 1.82) is 0 Å². The van der Waals surface area contributed by atoms with Crippen molar-refractivity contribution in [3.8, 4) is 5.82 Å². The lowest BCUT2D eigenvalue weighted by atomic mass is 10.3. The SMILES string of the molecule is CCOC(=O)c1cc(C)nn1-c1cccc(NC=S)n1. The minimum Gasteiger partial charge on any atom is -0.461 e. The highest BCUT2D eigenvalue weighted by molar-refractivity contribution is 7.79. The van der Waals surface area contributed by atoms with Crippen LogP contribution in [0.1, 0.15) is 23.1 Å². The molecule has 2 heterocycles. The lowest BCUT2D eigenvalue weighted by Crippen LogP contribution is -2.13. The summed E-state index contributed by atoms with van der Waals surface area (Å²) in [6.45, 7) is 3.87. The Labute approximate surface area is 121 Å². The molecule has 7 heteroatoms. The second-order valence-corrected chi connectivity index (χ2v) is 4.18. The number of aromatic nitrogens is 3. The van der Waals surface area contributed by atoms with Gasteiger partial charge in [-0.1, -0.05) is 18.3 Å². The quantitative estimate of drug-likeness (QED) is 0.672. The molecule has 0 radical (unpaired) electrons. The van der Waals surface area contributed by atoms with Gasteiger partial charge in [0.2, 0.25) is 0 Å². The van der Waals surface area contributed by atoms with Crippen LogP contribution in [0.5, 0.6) is 0 Å². The van der Waals surface area contributed by atoms with Crippen molar-refractivity contribution >= 4 is 29.5 Å². The van der Waals surface area contributed by atoms with Crippen LogP contribution in [-0.2, 0) is 4.74 Å². The maximum atomic E-state index is 11.9. The van der Waals surface area contributed by atoms with E-state index in [-0.39, 0.29) is 0 Å². The molecule has 0 saturated heterocycles. The van der Waals surface area contributed by atoms with Crippen LogP contribution >= 0.6 is 12.2 Å². The van der Waals surface area contributed by atoms with Crippen LogP contribution in [0.4, 0.5) is 5.82 Å². The van der Waals surface area contributed by atoms with Crippen LogP contribution < -0.4 is 5.32 Å². The Balaban J connectivity index is 2.44. The number of nitrogens with one attached hydrogen (secondary N) is 1. The Morgan fingerprint density at radius 2 is 2.35 bits per heavy atom. The number of esters is 1. The molecule has 0 fully saturated rings. The molecule has 2 aromatic heterocycles. The average Bonchev–Trinajstić information content (AvgIpc) is 2.82. The summed E-state index contributed by atoms with van der Waals surface area (Å²) in [5.74, 6) is 0.673.